The van der Waals surface area contributed by atoms with Crippen molar-refractivity contribution in [3.8, 4) is 22.6 Å². The van der Waals surface area contributed by atoms with Crippen LogP contribution >= 0.6 is 12.4 Å². The van der Waals surface area contributed by atoms with Gasteiger partial charge >= 0.3 is 0 Å². The molecule has 0 bridgehead atoms. The normalized spacial score (nSPS) is 23.0. The SMILES string of the molecule is Cl.O=S1(=O)COc2cc(-c3ccc(OCC4CCNCC4F)cc3)ccc21. The molecular weight excluding hydrogens is 393 g/mol. The van der Waals surface area contributed by atoms with Crippen LogP contribution in [-0.2, 0) is 9.84 Å². The Morgan fingerprint density at radius 2 is 1.89 bits per heavy atom. The van der Waals surface area contributed by atoms with Crippen molar-refractivity contribution in [3.63, 3.8) is 0 Å². The molecule has 2 unspecified atom stereocenters. The van der Waals surface area contributed by atoms with Crippen molar-refractivity contribution in [1.82, 2.24) is 5.32 Å². The van der Waals surface area contributed by atoms with Crippen LogP contribution in [0.4, 0.5) is 4.39 Å². The molecule has 2 heterocycles. The number of alkyl halides is 1. The first-order chi connectivity index (χ1) is 12.5. The molecule has 146 valence electrons. The molecule has 1 fully saturated rings. The Balaban J connectivity index is 0.00000210. The molecule has 2 aliphatic rings. The highest BCUT2D eigenvalue weighted by Crippen LogP contribution is 2.35. The molecule has 0 spiro atoms. The number of piperidine rings is 1. The predicted molar refractivity (Wildman–Crippen MR) is 103 cm³/mol. The minimum Gasteiger partial charge on any atom is -0.493 e. The number of sulfone groups is 1. The van der Waals surface area contributed by atoms with Crippen molar-refractivity contribution in [1.29, 1.82) is 0 Å². The Hall–Kier alpha value is -1.83. The van der Waals surface area contributed by atoms with Gasteiger partial charge in [-0.2, -0.15) is 0 Å². The molecule has 0 saturated carbocycles. The van der Waals surface area contributed by atoms with Gasteiger partial charge in [0, 0.05) is 12.5 Å². The first kappa shape index (κ1) is 19.9. The molecule has 0 aromatic heterocycles. The van der Waals surface area contributed by atoms with Crippen LogP contribution in [0.2, 0.25) is 0 Å². The fraction of sp³-hybridized carbons (Fsp3) is 0.368. The Morgan fingerprint density at radius 1 is 1.15 bits per heavy atom. The van der Waals surface area contributed by atoms with Crippen LogP contribution in [0.3, 0.4) is 0 Å². The number of halogens is 2. The lowest BCUT2D eigenvalue weighted by atomic mass is 9.97. The third-order valence-corrected chi connectivity index (χ3v) is 6.28. The molecule has 1 N–H and O–H groups in total. The summed E-state index contributed by atoms with van der Waals surface area (Å²) < 4.78 is 48.4. The zero-order valence-electron chi connectivity index (χ0n) is 14.6. The maximum absolute atomic E-state index is 13.8. The summed E-state index contributed by atoms with van der Waals surface area (Å²) in [5.41, 5.74) is 1.80. The summed E-state index contributed by atoms with van der Waals surface area (Å²) in [6, 6.07) is 12.6. The van der Waals surface area contributed by atoms with Crippen LogP contribution in [0.15, 0.2) is 47.4 Å². The summed E-state index contributed by atoms with van der Waals surface area (Å²) in [7, 11) is -3.31. The van der Waals surface area contributed by atoms with Gasteiger partial charge in [-0.25, -0.2) is 12.8 Å². The molecule has 0 aliphatic carbocycles. The molecule has 27 heavy (non-hydrogen) atoms. The van der Waals surface area contributed by atoms with Crippen molar-refractivity contribution in [2.75, 3.05) is 25.6 Å². The Labute approximate surface area is 164 Å². The first-order valence-corrected chi connectivity index (χ1v) is 10.3. The minimum atomic E-state index is -3.31. The lowest BCUT2D eigenvalue weighted by Crippen LogP contribution is -2.40. The van der Waals surface area contributed by atoms with Crippen molar-refractivity contribution < 1.29 is 22.3 Å². The average molecular weight is 414 g/mol. The molecule has 2 atom stereocenters. The largest absolute Gasteiger partial charge is 0.493 e. The van der Waals surface area contributed by atoms with Crippen LogP contribution in [0, 0.1) is 5.92 Å². The number of benzene rings is 2. The quantitative estimate of drug-likeness (QED) is 0.833. The van der Waals surface area contributed by atoms with E-state index < -0.39 is 16.0 Å². The van der Waals surface area contributed by atoms with Crippen LogP contribution in [0.25, 0.3) is 11.1 Å². The van der Waals surface area contributed by atoms with E-state index in [4.69, 9.17) is 9.47 Å². The summed E-state index contributed by atoms with van der Waals surface area (Å²) in [4.78, 5) is 0.240. The number of rotatable bonds is 4. The van der Waals surface area contributed by atoms with E-state index in [0.29, 0.717) is 24.7 Å². The third-order valence-electron chi connectivity index (χ3n) is 4.84. The summed E-state index contributed by atoms with van der Waals surface area (Å²) in [5, 5.41) is 3.03. The number of nitrogens with one attached hydrogen (secondary N) is 1. The van der Waals surface area contributed by atoms with Crippen molar-refractivity contribution >= 4 is 22.2 Å². The number of hydrogen-bond acceptors (Lipinski definition) is 5. The highest BCUT2D eigenvalue weighted by atomic mass is 35.5. The molecule has 2 aromatic carbocycles. The van der Waals surface area contributed by atoms with E-state index in [0.717, 1.165) is 24.1 Å². The fourth-order valence-electron chi connectivity index (χ4n) is 3.27. The highest BCUT2D eigenvalue weighted by Gasteiger charge is 2.28. The van der Waals surface area contributed by atoms with Crippen molar-refractivity contribution in [2.45, 2.75) is 17.5 Å². The standard InChI is InChI=1S/C19H20FNO4S.ClH/c20-17-10-21-8-7-15(17)11-24-16-4-1-13(2-5-16)14-3-6-19-18(9-14)25-12-26(19,22)23;/h1-6,9,15,17,21H,7-8,10-12H2;1H. The van der Waals surface area contributed by atoms with Gasteiger partial charge in [0.2, 0.25) is 9.84 Å². The average Bonchev–Trinajstić information content (AvgIpc) is 2.96. The summed E-state index contributed by atoms with van der Waals surface area (Å²) in [6.45, 7) is 1.58. The molecule has 1 saturated heterocycles. The van der Waals surface area contributed by atoms with E-state index in [9.17, 15) is 12.8 Å². The lowest BCUT2D eigenvalue weighted by Gasteiger charge is -2.26. The molecule has 2 aromatic rings. The van der Waals surface area contributed by atoms with Gasteiger partial charge in [0.25, 0.3) is 0 Å². The first-order valence-electron chi connectivity index (χ1n) is 8.60. The monoisotopic (exact) mass is 413 g/mol. The molecule has 5 nitrogen and oxygen atoms in total. The predicted octanol–water partition coefficient (Wildman–Crippen LogP) is 3.23. The second-order valence-electron chi connectivity index (χ2n) is 6.64. The van der Waals surface area contributed by atoms with Gasteiger partial charge in [0.05, 0.1) is 6.61 Å². The van der Waals surface area contributed by atoms with E-state index in [1.54, 1.807) is 18.2 Å². The van der Waals surface area contributed by atoms with Crippen molar-refractivity contribution in [3.05, 3.63) is 42.5 Å². The maximum atomic E-state index is 13.8. The molecule has 8 heteroatoms. The van der Waals surface area contributed by atoms with Gasteiger partial charge in [0.15, 0.2) is 5.94 Å². The van der Waals surface area contributed by atoms with E-state index >= 15 is 0 Å². The van der Waals surface area contributed by atoms with E-state index in [1.165, 1.54) is 0 Å². The second kappa shape index (κ2) is 8.04. The molecule has 2 aliphatic heterocycles. The second-order valence-corrected chi connectivity index (χ2v) is 8.55. The summed E-state index contributed by atoms with van der Waals surface area (Å²) in [5.74, 6) is 0.707. The summed E-state index contributed by atoms with van der Waals surface area (Å²) >= 11 is 0. The van der Waals surface area contributed by atoms with E-state index in [1.807, 2.05) is 24.3 Å². The zero-order chi connectivity index (χ0) is 18.1. The smallest absolute Gasteiger partial charge is 0.216 e. The van der Waals surface area contributed by atoms with Gasteiger partial charge in [0.1, 0.15) is 22.6 Å². The number of hydrogen-bond donors (Lipinski definition) is 1. The summed E-state index contributed by atoms with van der Waals surface area (Å²) in [6.07, 6.45) is -0.0946. The van der Waals surface area contributed by atoms with E-state index in [-0.39, 0.29) is 29.2 Å². The van der Waals surface area contributed by atoms with Crippen LogP contribution < -0.4 is 14.8 Å². The van der Waals surface area contributed by atoms with Crippen LogP contribution in [0.1, 0.15) is 6.42 Å². The van der Waals surface area contributed by atoms with Gasteiger partial charge < -0.3 is 14.8 Å². The highest BCUT2D eigenvalue weighted by molar-refractivity contribution is 7.91. The van der Waals surface area contributed by atoms with Crippen LogP contribution in [-0.4, -0.2) is 40.2 Å². The Kier molecular flexibility index (Phi) is 5.93. The van der Waals surface area contributed by atoms with Gasteiger partial charge in [-0.05, 0) is 48.4 Å². The molecule has 4 rings (SSSR count). The minimum absolute atomic E-state index is 0. The Bertz CT molecular complexity index is 904. The number of ether oxygens (including phenoxy) is 2. The number of fused-ring (bicyclic) bond motifs is 1. The Morgan fingerprint density at radius 3 is 2.63 bits per heavy atom. The lowest BCUT2D eigenvalue weighted by molar-refractivity contribution is 0.122. The zero-order valence-corrected chi connectivity index (χ0v) is 16.2. The third kappa shape index (κ3) is 4.20. The van der Waals surface area contributed by atoms with Gasteiger partial charge in [-0.3, -0.25) is 0 Å². The molecule has 0 radical (unpaired) electrons. The topological polar surface area (TPSA) is 64.6 Å². The van der Waals surface area contributed by atoms with Crippen LogP contribution in [0.5, 0.6) is 11.5 Å². The van der Waals surface area contributed by atoms with E-state index in [2.05, 4.69) is 5.32 Å². The fourth-order valence-corrected chi connectivity index (χ4v) is 4.38. The molecular formula is C19H21ClFNO4S. The maximum Gasteiger partial charge on any atom is 0.216 e. The van der Waals surface area contributed by atoms with Gasteiger partial charge in [-0.1, -0.05) is 18.2 Å². The van der Waals surface area contributed by atoms with Gasteiger partial charge in [-0.15, -0.1) is 12.4 Å². The molecule has 0 amide bonds. The van der Waals surface area contributed by atoms with Crippen molar-refractivity contribution in [2.24, 2.45) is 5.92 Å².